The first kappa shape index (κ1) is 26.6. The van der Waals surface area contributed by atoms with Crippen molar-refractivity contribution in [3.05, 3.63) is 47.2 Å². The molecule has 1 heteroatoms. The van der Waals surface area contributed by atoms with Crippen molar-refractivity contribution < 1.29 is 4.74 Å². The highest BCUT2D eigenvalue weighted by Crippen LogP contribution is 2.74. The van der Waals surface area contributed by atoms with Crippen molar-refractivity contribution in [1.82, 2.24) is 0 Å². The predicted molar refractivity (Wildman–Crippen MR) is 162 cm³/mol. The topological polar surface area (TPSA) is 9.23 Å². The van der Waals surface area contributed by atoms with Crippen LogP contribution >= 0.6 is 0 Å². The fraction of sp³-hybridized carbons (Fsp3) is 0.789. The first-order valence-corrected chi connectivity index (χ1v) is 17.1. The summed E-state index contributed by atoms with van der Waals surface area (Å²) in [6.45, 7) is 14.2. The summed E-state index contributed by atoms with van der Waals surface area (Å²) in [5.74, 6) is 6.96. The minimum absolute atomic E-state index is 0.345. The van der Waals surface area contributed by atoms with Gasteiger partial charge in [-0.1, -0.05) is 71.4 Å². The maximum absolute atomic E-state index is 6.99. The van der Waals surface area contributed by atoms with Crippen LogP contribution in [0.3, 0.4) is 0 Å². The number of hydrogen-bond acceptors (Lipinski definition) is 1. The highest BCUT2D eigenvalue weighted by molar-refractivity contribution is 5.27. The van der Waals surface area contributed by atoms with E-state index >= 15 is 0 Å². The zero-order valence-corrected chi connectivity index (χ0v) is 25.9. The number of hydrogen-bond donors (Lipinski definition) is 0. The van der Waals surface area contributed by atoms with E-state index in [-0.39, 0.29) is 0 Å². The molecule has 39 heavy (non-hydrogen) atoms. The van der Waals surface area contributed by atoms with Gasteiger partial charge in [-0.25, -0.2) is 0 Å². The molecule has 0 saturated heterocycles. The standard InChI is InChI=1S/C38H56O/c1-26-18-22-37(5)32(35(26,2)3)20-23-36(4)30-19-24-38(21-10-15-31(38)29(30)16-17-33(36)37)34(28-13-9-14-28)39-25-27-11-7-6-8-12-27/h6-8,11-12,26,29-33H,9-10,13-25H2,1-5H3. The third kappa shape index (κ3) is 3.82. The van der Waals surface area contributed by atoms with Gasteiger partial charge in [0.05, 0.1) is 0 Å². The van der Waals surface area contributed by atoms with Crippen LogP contribution in [0.15, 0.2) is 41.7 Å². The highest BCUT2D eigenvalue weighted by Gasteiger charge is 2.66. The average molecular weight is 529 g/mol. The molecule has 214 valence electrons. The normalized spacial score (nSPS) is 46.2. The van der Waals surface area contributed by atoms with E-state index in [2.05, 4.69) is 65.0 Å². The van der Waals surface area contributed by atoms with Crippen LogP contribution in [-0.4, -0.2) is 0 Å². The Balaban J connectivity index is 1.18. The summed E-state index contributed by atoms with van der Waals surface area (Å²) in [5.41, 5.74) is 4.97. The van der Waals surface area contributed by atoms with Gasteiger partial charge in [0.25, 0.3) is 0 Å². The van der Waals surface area contributed by atoms with Crippen LogP contribution in [0.4, 0.5) is 0 Å². The molecule has 9 unspecified atom stereocenters. The van der Waals surface area contributed by atoms with Crippen molar-refractivity contribution >= 4 is 0 Å². The van der Waals surface area contributed by atoms with Crippen LogP contribution in [0.25, 0.3) is 0 Å². The number of fused-ring (bicyclic) bond motifs is 7. The zero-order valence-electron chi connectivity index (χ0n) is 25.9. The molecule has 0 N–H and O–H groups in total. The van der Waals surface area contributed by atoms with E-state index in [9.17, 15) is 0 Å². The van der Waals surface area contributed by atoms with Gasteiger partial charge in [-0.2, -0.15) is 0 Å². The van der Waals surface area contributed by atoms with E-state index in [1.165, 1.54) is 101 Å². The Bertz CT molecular complexity index is 1090. The van der Waals surface area contributed by atoms with Crippen molar-refractivity contribution in [3.8, 4) is 0 Å². The van der Waals surface area contributed by atoms with Crippen molar-refractivity contribution in [3.63, 3.8) is 0 Å². The molecule has 0 aliphatic heterocycles. The Morgan fingerprint density at radius 1 is 0.744 bits per heavy atom. The lowest BCUT2D eigenvalue weighted by Gasteiger charge is -2.69. The molecule has 0 bridgehead atoms. The zero-order chi connectivity index (χ0) is 27.0. The van der Waals surface area contributed by atoms with Gasteiger partial charge in [-0.05, 0) is 146 Å². The lowest BCUT2D eigenvalue weighted by atomic mass is 9.35. The Hall–Kier alpha value is -1.24. The molecule has 1 aromatic rings. The van der Waals surface area contributed by atoms with Crippen molar-refractivity contribution in [2.24, 2.45) is 57.2 Å². The predicted octanol–water partition coefficient (Wildman–Crippen LogP) is 10.7. The number of benzene rings is 1. The second-order valence-electron chi connectivity index (χ2n) is 16.5. The SMILES string of the molecule is CC1CCC2(C)C(CCC3(C)C4CCC5(C(OCc6ccccc6)=C6CCC6)CCCC5C4CCC32)C1(C)C. The molecule has 7 rings (SSSR count). The molecule has 6 saturated carbocycles. The Labute approximate surface area is 239 Å². The van der Waals surface area contributed by atoms with E-state index in [4.69, 9.17) is 4.74 Å². The minimum Gasteiger partial charge on any atom is -0.493 e. The van der Waals surface area contributed by atoms with Gasteiger partial charge < -0.3 is 4.74 Å². The summed E-state index contributed by atoms with van der Waals surface area (Å²) in [6.07, 6.45) is 20.0. The molecule has 0 radical (unpaired) electrons. The highest BCUT2D eigenvalue weighted by atomic mass is 16.5. The maximum Gasteiger partial charge on any atom is 0.113 e. The Morgan fingerprint density at radius 3 is 2.26 bits per heavy atom. The van der Waals surface area contributed by atoms with Crippen LogP contribution in [0.2, 0.25) is 0 Å². The molecule has 6 aliphatic rings. The van der Waals surface area contributed by atoms with Crippen molar-refractivity contribution in [2.75, 3.05) is 0 Å². The van der Waals surface area contributed by atoms with Gasteiger partial charge >= 0.3 is 0 Å². The number of ether oxygens (including phenoxy) is 1. The fourth-order valence-corrected chi connectivity index (χ4v) is 12.7. The third-order valence-corrected chi connectivity index (χ3v) is 15.0. The third-order valence-electron chi connectivity index (χ3n) is 15.0. The molecular weight excluding hydrogens is 472 g/mol. The summed E-state index contributed by atoms with van der Waals surface area (Å²) < 4.78 is 6.99. The Morgan fingerprint density at radius 2 is 1.51 bits per heavy atom. The largest absolute Gasteiger partial charge is 0.493 e. The van der Waals surface area contributed by atoms with E-state index in [1.54, 1.807) is 5.57 Å². The van der Waals surface area contributed by atoms with Crippen LogP contribution < -0.4 is 0 Å². The summed E-state index contributed by atoms with van der Waals surface area (Å²) in [4.78, 5) is 0. The smallest absolute Gasteiger partial charge is 0.113 e. The molecule has 6 aliphatic carbocycles. The summed E-state index contributed by atoms with van der Waals surface area (Å²) in [5, 5.41) is 0. The van der Waals surface area contributed by atoms with Gasteiger partial charge in [0.15, 0.2) is 0 Å². The molecule has 1 nitrogen and oxygen atoms in total. The van der Waals surface area contributed by atoms with Gasteiger partial charge in [0, 0.05) is 5.41 Å². The van der Waals surface area contributed by atoms with Crippen LogP contribution in [0.5, 0.6) is 0 Å². The van der Waals surface area contributed by atoms with Crippen molar-refractivity contribution in [2.45, 2.75) is 131 Å². The minimum atomic E-state index is 0.345. The van der Waals surface area contributed by atoms with Gasteiger partial charge in [-0.15, -0.1) is 0 Å². The van der Waals surface area contributed by atoms with Crippen LogP contribution in [0.1, 0.15) is 130 Å². The lowest BCUT2D eigenvalue weighted by Crippen LogP contribution is -2.62. The molecule has 0 amide bonds. The second-order valence-corrected chi connectivity index (χ2v) is 16.5. The first-order chi connectivity index (χ1) is 18.7. The van der Waals surface area contributed by atoms with Gasteiger partial charge in [-0.3, -0.25) is 0 Å². The second kappa shape index (κ2) is 9.39. The van der Waals surface area contributed by atoms with E-state index < -0.39 is 0 Å². The summed E-state index contributed by atoms with van der Waals surface area (Å²) in [7, 11) is 0. The summed E-state index contributed by atoms with van der Waals surface area (Å²) >= 11 is 0. The van der Waals surface area contributed by atoms with Gasteiger partial charge in [0.1, 0.15) is 12.4 Å². The quantitative estimate of drug-likeness (QED) is 0.353. The molecule has 1 aromatic carbocycles. The first-order valence-electron chi connectivity index (χ1n) is 17.1. The summed E-state index contributed by atoms with van der Waals surface area (Å²) in [6, 6.07) is 11.0. The fourth-order valence-electron chi connectivity index (χ4n) is 12.7. The number of allylic oxidation sites excluding steroid dienone is 2. The van der Waals surface area contributed by atoms with Crippen LogP contribution in [0, 0.1) is 57.2 Å². The molecular formula is C38H56O. The van der Waals surface area contributed by atoms with Crippen LogP contribution in [-0.2, 0) is 11.3 Å². The van der Waals surface area contributed by atoms with Gasteiger partial charge in [0.2, 0.25) is 0 Å². The molecule has 6 fully saturated rings. The lowest BCUT2D eigenvalue weighted by molar-refractivity contribution is -0.204. The maximum atomic E-state index is 6.99. The van der Waals surface area contributed by atoms with E-state index in [0.29, 0.717) is 21.7 Å². The van der Waals surface area contributed by atoms with Crippen molar-refractivity contribution in [1.29, 1.82) is 0 Å². The molecule has 9 atom stereocenters. The average Bonchev–Trinajstić information content (AvgIpc) is 3.34. The van der Waals surface area contributed by atoms with E-state index in [1.807, 2.05) is 0 Å². The molecule has 0 spiro atoms. The molecule has 0 aromatic heterocycles. The monoisotopic (exact) mass is 528 g/mol. The molecule has 0 heterocycles. The number of rotatable bonds is 4. The van der Waals surface area contributed by atoms with E-state index in [0.717, 1.165) is 42.1 Å². The Kier molecular flexibility index (Phi) is 6.41.